The highest BCUT2D eigenvalue weighted by molar-refractivity contribution is 6.32. The van der Waals surface area contributed by atoms with Crippen LogP contribution in [0.5, 0.6) is 0 Å². The average Bonchev–Trinajstić information content (AvgIpc) is 2.52. The predicted molar refractivity (Wildman–Crippen MR) is 92.2 cm³/mol. The van der Waals surface area contributed by atoms with Gasteiger partial charge in [-0.05, 0) is 45.7 Å². The minimum atomic E-state index is -0.543. The van der Waals surface area contributed by atoms with Crippen LogP contribution in [0.1, 0.15) is 44.0 Å². The molecule has 1 aliphatic rings. The topological polar surface area (TPSA) is 62.7 Å². The highest BCUT2D eigenvalue weighted by Gasteiger charge is 2.31. The number of carbonyl (C=O) groups is 2. The monoisotopic (exact) mass is 353 g/mol. The molecule has 1 aliphatic heterocycles. The van der Waals surface area contributed by atoms with E-state index in [-0.39, 0.29) is 23.2 Å². The van der Waals surface area contributed by atoms with Crippen LogP contribution in [0.2, 0.25) is 5.15 Å². The summed E-state index contributed by atoms with van der Waals surface area (Å²) < 4.78 is 5.40. The number of carbonyl (C=O) groups excluding carboxylic acids is 2. The largest absolute Gasteiger partial charge is 0.444 e. The summed E-state index contributed by atoms with van der Waals surface area (Å²) in [6.45, 7) is 6.60. The molecule has 0 spiro atoms. The molecule has 2 amide bonds. The van der Waals surface area contributed by atoms with E-state index in [0.29, 0.717) is 18.7 Å². The van der Waals surface area contributed by atoms with Gasteiger partial charge in [-0.3, -0.25) is 4.79 Å². The van der Waals surface area contributed by atoms with Crippen molar-refractivity contribution in [2.24, 2.45) is 0 Å². The maximum absolute atomic E-state index is 12.7. The average molecular weight is 354 g/mol. The van der Waals surface area contributed by atoms with E-state index in [1.807, 2.05) is 20.8 Å². The van der Waals surface area contributed by atoms with Crippen LogP contribution in [0.25, 0.3) is 0 Å². The Morgan fingerprint density at radius 2 is 2.12 bits per heavy atom. The van der Waals surface area contributed by atoms with Crippen LogP contribution >= 0.6 is 11.6 Å². The molecule has 0 unspecified atom stereocenters. The van der Waals surface area contributed by atoms with Gasteiger partial charge in [0.2, 0.25) is 0 Å². The van der Waals surface area contributed by atoms with E-state index < -0.39 is 5.60 Å². The summed E-state index contributed by atoms with van der Waals surface area (Å²) in [5, 5.41) is 0.199. The summed E-state index contributed by atoms with van der Waals surface area (Å²) in [5.74, 6) is -0.157. The van der Waals surface area contributed by atoms with Crippen molar-refractivity contribution >= 4 is 23.6 Å². The van der Waals surface area contributed by atoms with Gasteiger partial charge in [0.05, 0.1) is 11.6 Å². The number of likely N-dealkylation sites (N-methyl/N-ethyl adjacent to an activating group) is 1. The van der Waals surface area contributed by atoms with Gasteiger partial charge in [0, 0.05) is 26.3 Å². The van der Waals surface area contributed by atoms with Crippen LogP contribution < -0.4 is 0 Å². The van der Waals surface area contributed by atoms with E-state index >= 15 is 0 Å². The summed E-state index contributed by atoms with van der Waals surface area (Å²) >= 11 is 6.02. The van der Waals surface area contributed by atoms with Crippen molar-refractivity contribution in [1.29, 1.82) is 0 Å². The molecular weight excluding hydrogens is 330 g/mol. The number of aromatic nitrogens is 1. The van der Waals surface area contributed by atoms with Crippen molar-refractivity contribution in [2.45, 2.75) is 45.3 Å². The van der Waals surface area contributed by atoms with Crippen molar-refractivity contribution < 1.29 is 14.3 Å². The van der Waals surface area contributed by atoms with Crippen LogP contribution in [-0.4, -0.2) is 58.6 Å². The first kappa shape index (κ1) is 18.5. The fourth-order valence-electron chi connectivity index (χ4n) is 2.65. The zero-order valence-corrected chi connectivity index (χ0v) is 15.3. The second kappa shape index (κ2) is 7.38. The standard InChI is InChI=1S/C17H24ClN3O3/c1-17(2,3)24-16(23)20(4)12-7-6-10-21(11-12)15(22)13-8-5-9-19-14(13)18/h5,8-9,12H,6-7,10-11H2,1-4H3/t12-/m0/s1. The molecule has 0 radical (unpaired) electrons. The van der Waals surface area contributed by atoms with Crippen LogP contribution in [0, 0.1) is 0 Å². The minimum absolute atomic E-state index is 0.0759. The number of hydrogen-bond donors (Lipinski definition) is 0. The Kier molecular flexibility index (Phi) is 5.70. The van der Waals surface area contributed by atoms with Gasteiger partial charge >= 0.3 is 6.09 Å². The quantitative estimate of drug-likeness (QED) is 0.766. The van der Waals surface area contributed by atoms with Gasteiger partial charge in [0.25, 0.3) is 5.91 Å². The third-order valence-electron chi connectivity index (χ3n) is 3.90. The van der Waals surface area contributed by atoms with E-state index in [0.717, 1.165) is 12.8 Å². The number of piperidine rings is 1. The number of nitrogens with zero attached hydrogens (tertiary/aromatic N) is 3. The number of pyridine rings is 1. The predicted octanol–water partition coefficient (Wildman–Crippen LogP) is 3.21. The number of likely N-dealkylation sites (tertiary alicyclic amines) is 1. The van der Waals surface area contributed by atoms with E-state index in [4.69, 9.17) is 16.3 Å². The van der Waals surface area contributed by atoms with Crippen LogP contribution in [-0.2, 0) is 4.74 Å². The van der Waals surface area contributed by atoms with Crippen LogP contribution in [0.4, 0.5) is 4.79 Å². The zero-order chi connectivity index (χ0) is 17.9. The normalized spacial score (nSPS) is 18.2. The molecule has 0 N–H and O–H groups in total. The first-order valence-electron chi connectivity index (χ1n) is 8.04. The molecule has 1 aromatic heterocycles. The molecule has 2 rings (SSSR count). The molecule has 1 saturated heterocycles. The smallest absolute Gasteiger partial charge is 0.410 e. The lowest BCUT2D eigenvalue weighted by Gasteiger charge is -2.38. The maximum Gasteiger partial charge on any atom is 0.410 e. The first-order chi connectivity index (χ1) is 11.2. The highest BCUT2D eigenvalue weighted by atomic mass is 35.5. The Bertz CT molecular complexity index is 615. The van der Waals surface area contributed by atoms with Gasteiger partial charge in [0.1, 0.15) is 10.8 Å². The third kappa shape index (κ3) is 4.60. The fourth-order valence-corrected chi connectivity index (χ4v) is 2.85. The van der Waals surface area contributed by atoms with Gasteiger partial charge < -0.3 is 14.5 Å². The van der Waals surface area contributed by atoms with Crippen LogP contribution in [0.15, 0.2) is 18.3 Å². The van der Waals surface area contributed by atoms with Gasteiger partial charge in [-0.2, -0.15) is 0 Å². The summed E-state index contributed by atoms with van der Waals surface area (Å²) in [7, 11) is 1.71. The lowest BCUT2D eigenvalue weighted by atomic mass is 10.0. The van der Waals surface area contributed by atoms with E-state index in [9.17, 15) is 9.59 Å². The molecule has 132 valence electrons. The second-order valence-corrected chi connectivity index (χ2v) is 7.34. The lowest BCUT2D eigenvalue weighted by Crippen LogP contribution is -2.51. The Hall–Kier alpha value is -1.82. The number of halogens is 1. The van der Waals surface area contributed by atoms with Crippen molar-refractivity contribution in [3.63, 3.8) is 0 Å². The molecule has 24 heavy (non-hydrogen) atoms. The summed E-state index contributed by atoms with van der Waals surface area (Å²) in [6.07, 6.45) is 2.83. The van der Waals surface area contributed by atoms with Gasteiger partial charge in [-0.25, -0.2) is 9.78 Å². The lowest BCUT2D eigenvalue weighted by molar-refractivity contribution is 0.0131. The van der Waals surface area contributed by atoms with Crippen molar-refractivity contribution in [2.75, 3.05) is 20.1 Å². The van der Waals surface area contributed by atoms with Gasteiger partial charge in [0.15, 0.2) is 0 Å². The molecule has 1 fully saturated rings. The van der Waals surface area contributed by atoms with E-state index in [1.165, 1.54) is 0 Å². The molecule has 1 aromatic rings. The number of rotatable bonds is 2. The zero-order valence-electron chi connectivity index (χ0n) is 14.6. The Labute approximate surface area is 147 Å². The maximum atomic E-state index is 12.7. The van der Waals surface area contributed by atoms with Gasteiger partial charge in [-0.15, -0.1) is 0 Å². The second-order valence-electron chi connectivity index (χ2n) is 6.98. The molecule has 7 heteroatoms. The van der Waals surface area contributed by atoms with Crippen LogP contribution in [0.3, 0.4) is 0 Å². The van der Waals surface area contributed by atoms with Gasteiger partial charge in [-0.1, -0.05) is 11.6 Å². The van der Waals surface area contributed by atoms with Crippen molar-refractivity contribution in [1.82, 2.24) is 14.8 Å². The van der Waals surface area contributed by atoms with E-state index in [1.54, 1.807) is 35.2 Å². The molecule has 0 bridgehead atoms. The Morgan fingerprint density at radius 3 is 2.75 bits per heavy atom. The summed E-state index contributed by atoms with van der Waals surface area (Å²) in [4.78, 5) is 32.1. The SMILES string of the molecule is CN(C(=O)OC(C)(C)C)[C@H]1CCCN(C(=O)c2cccnc2Cl)C1. The fraction of sp³-hybridized carbons (Fsp3) is 0.588. The first-order valence-corrected chi connectivity index (χ1v) is 8.42. The summed E-state index contributed by atoms with van der Waals surface area (Å²) in [6, 6.07) is 3.28. The molecular formula is C17H24ClN3O3. The Balaban J connectivity index is 2.05. The molecule has 6 nitrogen and oxygen atoms in total. The number of ether oxygens (including phenoxy) is 1. The Morgan fingerprint density at radius 1 is 1.42 bits per heavy atom. The van der Waals surface area contributed by atoms with Crippen molar-refractivity contribution in [3.8, 4) is 0 Å². The minimum Gasteiger partial charge on any atom is -0.444 e. The number of hydrogen-bond acceptors (Lipinski definition) is 4. The molecule has 0 saturated carbocycles. The number of amides is 2. The van der Waals surface area contributed by atoms with Crippen molar-refractivity contribution in [3.05, 3.63) is 29.0 Å². The highest BCUT2D eigenvalue weighted by Crippen LogP contribution is 2.21. The third-order valence-corrected chi connectivity index (χ3v) is 4.20. The summed E-state index contributed by atoms with van der Waals surface area (Å²) in [5.41, 5.74) is -0.154. The molecule has 2 heterocycles. The molecule has 1 atom stereocenters. The molecule has 0 aromatic carbocycles. The van der Waals surface area contributed by atoms with E-state index in [2.05, 4.69) is 4.98 Å². The molecule has 0 aliphatic carbocycles.